The predicted octanol–water partition coefficient (Wildman–Crippen LogP) is 5.98. The Labute approximate surface area is 184 Å². The maximum absolute atomic E-state index is 12.4. The van der Waals surface area contributed by atoms with E-state index in [4.69, 9.17) is 0 Å². The van der Waals surface area contributed by atoms with Gasteiger partial charge in [0.15, 0.2) is 0 Å². The number of hydrogen-bond donors (Lipinski definition) is 1. The van der Waals surface area contributed by atoms with Gasteiger partial charge in [-0.05, 0) is 55.0 Å². The Morgan fingerprint density at radius 3 is 2.33 bits per heavy atom. The van der Waals surface area contributed by atoms with Crippen LogP contribution in [0.4, 0.5) is 0 Å². The molecule has 0 fully saturated rings. The molecule has 0 spiro atoms. The number of hydrazone groups is 1. The standard InChI is InChI=1S/C25H20BrN3O/c1-18-11-16-24(19-7-3-2-4-8-19)29(18)22-14-12-20(13-15-22)25(30)28-27-17-21-9-5-6-10-23(21)26/h2-17H,1H3,(H,28,30)/b27-17+. The summed E-state index contributed by atoms with van der Waals surface area (Å²) < 4.78 is 3.10. The number of rotatable bonds is 5. The fourth-order valence-corrected chi connectivity index (χ4v) is 3.67. The van der Waals surface area contributed by atoms with E-state index in [0.29, 0.717) is 5.56 Å². The minimum atomic E-state index is -0.252. The Morgan fingerprint density at radius 2 is 1.60 bits per heavy atom. The van der Waals surface area contributed by atoms with E-state index in [-0.39, 0.29) is 5.91 Å². The lowest BCUT2D eigenvalue weighted by atomic mass is 10.1. The number of nitrogens with zero attached hydrogens (tertiary/aromatic N) is 2. The molecule has 0 aliphatic rings. The largest absolute Gasteiger partial charge is 0.314 e. The van der Waals surface area contributed by atoms with E-state index in [1.165, 1.54) is 0 Å². The number of carbonyl (C=O) groups is 1. The van der Waals surface area contributed by atoms with Crippen LogP contribution < -0.4 is 5.43 Å². The molecule has 1 N–H and O–H groups in total. The van der Waals surface area contributed by atoms with Crippen LogP contribution in [0.15, 0.2) is 101 Å². The number of carbonyl (C=O) groups excluding carboxylic acids is 1. The average molecular weight is 458 g/mol. The Kier molecular flexibility index (Phi) is 5.91. The van der Waals surface area contributed by atoms with Crippen molar-refractivity contribution in [2.45, 2.75) is 6.92 Å². The van der Waals surface area contributed by atoms with Gasteiger partial charge in [0.25, 0.3) is 5.91 Å². The zero-order valence-corrected chi connectivity index (χ0v) is 18.0. The maximum atomic E-state index is 12.4. The van der Waals surface area contributed by atoms with Gasteiger partial charge in [0, 0.05) is 27.0 Å². The number of nitrogens with one attached hydrogen (secondary N) is 1. The van der Waals surface area contributed by atoms with E-state index in [1.54, 1.807) is 6.21 Å². The van der Waals surface area contributed by atoms with Crippen molar-refractivity contribution in [2.24, 2.45) is 5.10 Å². The summed E-state index contributed by atoms with van der Waals surface area (Å²) in [6.45, 7) is 2.07. The molecular formula is C25H20BrN3O. The quantitative estimate of drug-likeness (QED) is 0.290. The molecule has 1 heterocycles. The van der Waals surface area contributed by atoms with Gasteiger partial charge in [-0.25, -0.2) is 5.43 Å². The number of benzene rings is 3. The first kappa shape index (κ1) is 19.9. The average Bonchev–Trinajstić information content (AvgIpc) is 3.17. The molecule has 0 bridgehead atoms. The summed E-state index contributed by atoms with van der Waals surface area (Å²) in [7, 11) is 0. The number of aryl methyl sites for hydroxylation is 1. The maximum Gasteiger partial charge on any atom is 0.271 e. The third kappa shape index (κ3) is 4.26. The van der Waals surface area contributed by atoms with Crippen LogP contribution in [-0.2, 0) is 0 Å². The topological polar surface area (TPSA) is 46.4 Å². The lowest BCUT2D eigenvalue weighted by molar-refractivity contribution is 0.0955. The van der Waals surface area contributed by atoms with Gasteiger partial charge in [-0.2, -0.15) is 5.10 Å². The van der Waals surface area contributed by atoms with Gasteiger partial charge in [0.2, 0.25) is 0 Å². The zero-order valence-electron chi connectivity index (χ0n) is 16.4. The molecule has 4 nitrogen and oxygen atoms in total. The van der Waals surface area contributed by atoms with Crippen LogP contribution in [0.25, 0.3) is 16.9 Å². The van der Waals surface area contributed by atoms with E-state index in [1.807, 2.05) is 66.7 Å². The third-order valence-corrected chi connectivity index (χ3v) is 5.53. The SMILES string of the molecule is Cc1ccc(-c2ccccc2)n1-c1ccc(C(=O)N/N=C/c2ccccc2Br)cc1. The molecule has 0 saturated heterocycles. The van der Waals surface area contributed by atoms with E-state index < -0.39 is 0 Å². The highest BCUT2D eigenvalue weighted by Gasteiger charge is 2.10. The lowest BCUT2D eigenvalue weighted by Gasteiger charge is -2.12. The summed E-state index contributed by atoms with van der Waals surface area (Å²) >= 11 is 3.46. The van der Waals surface area contributed by atoms with Crippen LogP contribution in [0.2, 0.25) is 0 Å². The normalized spacial score (nSPS) is 11.0. The summed E-state index contributed by atoms with van der Waals surface area (Å²) in [6, 6.07) is 29.7. The van der Waals surface area contributed by atoms with Gasteiger partial charge >= 0.3 is 0 Å². The van der Waals surface area contributed by atoms with E-state index in [9.17, 15) is 4.79 Å². The first-order valence-electron chi connectivity index (χ1n) is 9.55. The molecule has 0 unspecified atom stereocenters. The number of aromatic nitrogens is 1. The summed E-state index contributed by atoms with van der Waals surface area (Å²) in [5, 5.41) is 4.06. The molecule has 4 rings (SSSR count). The fourth-order valence-electron chi connectivity index (χ4n) is 3.28. The summed E-state index contributed by atoms with van der Waals surface area (Å²) in [6.07, 6.45) is 1.62. The molecular weight excluding hydrogens is 438 g/mol. The lowest BCUT2D eigenvalue weighted by Crippen LogP contribution is -2.17. The minimum Gasteiger partial charge on any atom is -0.314 e. The van der Waals surface area contributed by atoms with Crippen LogP contribution in [-0.4, -0.2) is 16.7 Å². The number of halogens is 1. The summed E-state index contributed by atoms with van der Waals surface area (Å²) in [5.41, 5.74) is 8.42. The fraction of sp³-hybridized carbons (Fsp3) is 0.0400. The second kappa shape index (κ2) is 8.93. The Balaban J connectivity index is 1.52. The molecule has 148 valence electrons. The van der Waals surface area contributed by atoms with Crippen molar-refractivity contribution in [1.82, 2.24) is 9.99 Å². The van der Waals surface area contributed by atoms with E-state index in [2.05, 4.69) is 62.2 Å². The Morgan fingerprint density at radius 1 is 0.900 bits per heavy atom. The van der Waals surface area contributed by atoms with Crippen LogP contribution in [0.3, 0.4) is 0 Å². The monoisotopic (exact) mass is 457 g/mol. The van der Waals surface area contributed by atoms with Crippen LogP contribution >= 0.6 is 15.9 Å². The first-order valence-corrected chi connectivity index (χ1v) is 10.3. The van der Waals surface area contributed by atoms with Crippen LogP contribution in [0, 0.1) is 6.92 Å². The van der Waals surface area contributed by atoms with Gasteiger partial charge in [-0.3, -0.25) is 4.79 Å². The summed E-state index contributed by atoms with van der Waals surface area (Å²) in [5.74, 6) is -0.252. The van der Waals surface area contributed by atoms with Crippen LogP contribution in [0.1, 0.15) is 21.6 Å². The van der Waals surface area contributed by atoms with Gasteiger partial charge in [0.1, 0.15) is 0 Å². The van der Waals surface area contributed by atoms with Crippen molar-refractivity contribution in [3.05, 3.63) is 112 Å². The molecule has 4 aromatic rings. The smallest absolute Gasteiger partial charge is 0.271 e. The molecule has 0 radical (unpaired) electrons. The van der Waals surface area contributed by atoms with Gasteiger partial charge in [0.05, 0.1) is 11.9 Å². The second-order valence-corrected chi connectivity index (χ2v) is 7.68. The van der Waals surface area contributed by atoms with Crippen LogP contribution in [0.5, 0.6) is 0 Å². The van der Waals surface area contributed by atoms with Crippen molar-refractivity contribution < 1.29 is 4.79 Å². The third-order valence-electron chi connectivity index (χ3n) is 4.81. The van der Waals surface area contributed by atoms with Gasteiger partial charge < -0.3 is 4.57 Å². The molecule has 3 aromatic carbocycles. The Bertz CT molecular complexity index is 1190. The van der Waals surface area contributed by atoms with Crippen molar-refractivity contribution in [1.29, 1.82) is 0 Å². The molecule has 1 aromatic heterocycles. The van der Waals surface area contributed by atoms with Crippen molar-refractivity contribution in [3.8, 4) is 16.9 Å². The second-order valence-electron chi connectivity index (χ2n) is 6.83. The minimum absolute atomic E-state index is 0.252. The molecule has 0 aliphatic carbocycles. The highest BCUT2D eigenvalue weighted by molar-refractivity contribution is 9.10. The summed E-state index contributed by atoms with van der Waals surface area (Å²) in [4.78, 5) is 12.4. The number of hydrogen-bond acceptors (Lipinski definition) is 2. The van der Waals surface area contributed by atoms with E-state index >= 15 is 0 Å². The Hall–Kier alpha value is -3.44. The predicted molar refractivity (Wildman–Crippen MR) is 125 cm³/mol. The first-order chi connectivity index (χ1) is 14.6. The van der Waals surface area contributed by atoms with Gasteiger partial charge in [-0.1, -0.05) is 64.5 Å². The van der Waals surface area contributed by atoms with Gasteiger partial charge in [-0.15, -0.1) is 0 Å². The highest BCUT2D eigenvalue weighted by atomic mass is 79.9. The van der Waals surface area contributed by atoms with Crippen molar-refractivity contribution in [3.63, 3.8) is 0 Å². The van der Waals surface area contributed by atoms with Crippen molar-refractivity contribution >= 4 is 28.1 Å². The molecule has 30 heavy (non-hydrogen) atoms. The molecule has 5 heteroatoms. The zero-order chi connectivity index (χ0) is 20.9. The molecule has 0 saturated carbocycles. The molecule has 1 amide bonds. The number of amides is 1. The molecule has 0 atom stereocenters. The molecule has 0 aliphatic heterocycles. The van der Waals surface area contributed by atoms with Crippen molar-refractivity contribution in [2.75, 3.05) is 0 Å². The highest BCUT2D eigenvalue weighted by Crippen LogP contribution is 2.26. The van der Waals surface area contributed by atoms with E-state index in [0.717, 1.165) is 32.7 Å².